The van der Waals surface area contributed by atoms with Gasteiger partial charge in [0.1, 0.15) is 0 Å². The number of hydrogen-bond donors (Lipinski definition) is 1. The van der Waals surface area contributed by atoms with E-state index in [1.807, 2.05) is 20.8 Å². The van der Waals surface area contributed by atoms with Crippen LogP contribution in [-0.4, -0.2) is 42.6 Å². The Morgan fingerprint density at radius 2 is 1.71 bits per heavy atom. The maximum absolute atomic E-state index is 12.5. The number of carbonyl (C=O) groups is 2. The fourth-order valence-corrected chi connectivity index (χ4v) is 3.32. The lowest BCUT2D eigenvalue weighted by molar-refractivity contribution is -0.112. The minimum Gasteiger partial charge on any atom is -0.490 e. The van der Waals surface area contributed by atoms with Crippen LogP contribution in [0.15, 0.2) is 12.1 Å². The number of rotatable bonds is 8. The first-order valence-electron chi connectivity index (χ1n) is 8.14. The van der Waals surface area contributed by atoms with Crippen LogP contribution in [0.3, 0.4) is 0 Å². The minimum atomic E-state index is -0.430. The molecular formula is C17H23NO5S. The van der Waals surface area contributed by atoms with Crippen molar-refractivity contribution < 1.29 is 23.8 Å². The van der Waals surface area contributed by atoms with Crippen LogP contribution >= 0.6 is 11.8 Å². The molecule has 1 fully saturated rings. The molecule has 1 saturated heterocycles. The van der Waals surface area contributed by atoms with Crippen molar-refractivity contribution in [3.8, 4) is 17.2 Å². The van der Waals surface area contributed by atoms with E-state index < -0.39 is 6.04 Å². The van der Waals surface area contributed by atoms with Gasteiger partial charge in [-0.25, -0.2) is 0 Å². The summed E-state index contributed by atoms with van der Waals surface area (Å²) in [6.07, 6.45) is 0.656. The van der Waals surface area contributed by atoms with Gasteiger partial charge < -0.3 is 19.5 Å². The van der Waals surface area contributed by atoms with Crippen molar-refractivity contribution in [3.05, 3.63) is 17.7 Å². The fraction of sp³-hybridized carbons (Fsp3) is 0.529. The van der Waals surface area contributed by atoms with Gasteiger partial charge in [0.2, 0.25) is 10.9 Å². The quantitative estimate of drug-likeness (QED) is 0.774. The summed E-state index contributed by atoms with van der Waals surface area (Å²) >= 11 is 1.25. The van der Waals surface area contributed by atoms with Gasteiger partial charge in [0, 0.05) is 11.3 Å². The fourth-order valence-electron chi connectivity index (χ4n) is 2.39. The molecule has 1 aromatic carbocycles. The molecule has 0 aliphatic carbocycles. The monoisotopic (exact) mass is 353 g/mol. The summed E-state index contributed by atoms with van der Waals surface area (Å²) in [5, 5.41) is 2.78. The van der Waals surface area contributed by atoms with E-state index in [2.05, 4.69) is 5.32 Å². The highest BCUT2D eigenvalue weighted by atomic mass is 32.2. The zero-order chi connectivity index (χ0) is 17.5. The SMILES string of the molecule is CCOc1cc(C(=O)N[C@@H]2CCSC2=O)cc(OCC)c1OCC. The van der Waals surface area contributed by atoms with E-state index in [1.165, 1.54) is 11.8 Å². The second-order valence-electron chi connectivity index (χ2n) is 5.08. The second-order valence-corrected chi connectivity index (χ2v) is 6.18. The van der Waals surface area contributed by atoms with E-state index in [1.54, 1.807) is 12.1 Å². The van der Waals surface area contributed by atoms with Gasteiger partial charge in [0.05, 0.1) is 25.9 Å². The molecule has 1 amide bonds. The smallest absolute Gasteiger partial charge is 0.252 e. The van der Waals surface area contributed by atoms with Crippen molar-refractivity contribution in [1.82, 2.24) is 5.32 Å². The Hall–Kier alpha value is -1.89. The number of ether oxygens (including phenoxy) is 3. The number of hydrogen-bond acceptors (Lipinski definition) is 6. The Kier molecular flexibility index (Phi) is 6.78. The first kappa shape index (κ1) is 18.4. The van der Waals surface area contributed by atoms with Crippen LogP contribution in [-0.2, 0) is 4.79 Å². The highest BCUT2D eigenvalue weighted by Gasteiger charge is 2.28. The van der Waals surface area contributed by atoms with E-state index >= 15 is 0 Å². The predicted molar refractivity (Wildman–Crippen MR) is 93.3 cm³/mol. The van der Waals surface area contributed by atoms with E-state index in [9.17, 15) is 9.59 Å². The van der Waals surface area contributed by atoms with Crippen LogP contribution in [0.2, 0.25) is 0 Å². The lowest BCUT2D eigenvalue weighted by Crippen LogP contribution is -2.37. The molecule has 24 heavy (non-hydrogen) atoms. The summed E-state index contributed by atoms with van der Waals surface area (Å²) in [6.45, 7) is 6.92. The molecule has 1 aromatic rings. The lowest BCUT2D eigenvalue weighted by Gasteiger charge is -2.17. The van der Waals surface area contributed by atoms with Crippen molar-refractivity contribution >= 4 is 22.8 Å². The Morgan fingerprint density at radius 1 is 1.12 bits per heavy atom. The van der Waals surface area contributed by atoms with Gasteiger partial charge in [-0.05, 0) is 39.3 Å². The van der Waals surface area contributed by atoms with Crippen molar-refractivity contribution in [3.63, 3.8) is 0 Å². The third kappa shape index (κ3) is 4.35. The van der Waals surface area contributed by atoms with Crippen LogP contribution < -0.4 is 19.5 Å². The lowest BCUT2D eigenvalue weighted by atomic mass is 10.1. The zero-order valence-electron chi connectivity index (χ0n) is 14.2. The van der Waals surface area contributed by atoms with Gasteiger partial charge in [0.25, 0.3) is 5.91 Å². The molecule has 1 aliphatic rings. The Bertz CT molecular complexity index is 578. The molecule has 7 heteroatoms. The van der Waals surface area contributed by atoms with Gasteiger partial charge in [-0.2, -0.15) is 0 Å². The third-order valence-corrected chi connectivity index (χ3v) is 4.42. The molecule has 1 atom stereocenters. The Labute approximate surface area is 146 Å². The molecule has 0 saturated carbocycles. The van der Waals surface area contributed by atoms with Gasteiger partial charge in [-0.15, -0.1) is 0 Å². The van der Waals surface area contributed by atoms with E-state index in [0.717, 1.165) is 5.75 Å². The third-order valence-electron chi connectivity index (χ3n) is 3.41. The number of carbonyl (C=O) groups excluding carboxylic acids is 2. The van der Waals surface area contributed by atoms with Crippen molar-refractivity contribution in [2.75, 3.05) is 25.6 Å². The second kappa shape index (κ2) is 8.82. The molecule has 0 spiro atoms. The predicted octanol–water partition coefficient (Wildman–Crippen LogP) is 2.64. The maximum Gasteiger partial charge on any atom is 0.252 e. The highest BCUT2D eigenvalue weighted by Crippen LogP contribution is 2.39. The topological polar surface area (TPSA) is 73.9 Å². The molecule has 0 bridgehead atoms. The van der Waals surface area contributed by atoms with Gasteiger partial charge in [-0.3, -0.25) is 9.59 Å². The standard InChI is InChI=1S/C17H23NO5S/c1-4-21-13-9-11(10-14(22-5-2)15(13)23-6-3)16(19)18-12-7-8-24-17(12)20/h9-10,12H,4-8H2,1-3H3,(H,18,19)/t12-/m1/s1. The Morgan fingerprint density at radius 3 is 2.17 bits per heavy atom. The summed E-state index contributed by atoms with van der Waals surface area (Å²) in [4.78, 5) is 24.2. The maximum atomic E-state index is 12.5. The molecule has 0 aromatic heterocycles. The molecule has 1 heterocycles. The Balaban J connectivity index is 2.30. The number of amides is 1. The number of thioether (sulfide) groups is 1. The molecular weight excluding hydrogens is 330 g/mol. The average Bonchev–Trinajstić information content (AvgIpc) is 2.95. The molecule has 6 nitrogen and oxygen atoms in total. The average molecular weight is 353 g/mol. The van der Waals surface area contributed by atoms with Crippen LogP contribution in [0.4, 0.5) is 0 Å². The number of nitrogens with one attached hydrogen (secondary N) is 1. The van der Waals surface area contributed by atoms with E-state index in [-0.39, 0.29) is 11.0 Å². The normalized spacial score (nSPS) is 16.8. The summed E-state index contributed by atoms with van der Waals surface area (Å²) in [6, 6.07) is 2.82. The van der Waals surface area contributed by atoms with Crippen molar-refractivity contribution in [2.24, 2.45) is 0 Å². The number of benzene rings is 1. The van der Waals surface area contributed by atoms with Gasteiger partial charge in [0.15, 0.2) is 11.5 Å². The van der Waals surface area contributed by atoms with E-state index in [4.69, 9.17) is 14.2 Å². The first-order chi connectivity index (χ1) is 11.6. The van der Waals surface area contributed by atoms with Crippen LogP contribution in [0.5, 0.6) is 17.2 Å². The molecule has 1 N–H and O–H groups in total. The molecule has 2 rings (SSSR count). The van der Waals surface area contributed by atoms with Gasteiger partial charge >= 0.3 is 0 Å². The molecule has 1 aliphatic heterocycles. The summed E-state index contributed by atoms with van der Waals surface area (Å²) in [7, 11) is 0. The van der Waals surface area contributed by atoms with Crippen molar-refractivity contribution in [1.29, 1.82) is 0 Å². The minimum absolute atomic E-state index is 0.00403. The summed E-state index contributed by atoms with van der Waals surface area (Å²) in [5.41, 5.74) is 0.384. The first-order valence-corrected chi connectivity index (χ1v) is 9.13. The van der Waals surface area contributed by atoms with Crippen molar-refractivity contribution in [2.45, 2.75) is 33.2 Å². The zero-order valence-corrected chi connectivity index (χ0v) is 15.0. The highest BCUT2D eigenvalue weighted by molar-refractivity contribution is 8.14. The molecule has 0 unspecified atom stereocenters. The van der Waals surface area contributed by atoms with Crippen LogP contribution in [0.25, 0.3) is 0 Å². The summed E-state index contributed by atoms with van der Waals surface area (Å²) < 4.78 is 16.8. The largest absolute Gasteiger partial charge is 0.490 e. The molecule has 0 radical (unpaired) electrons. The van der Waals surface area contributed by atoms with Crippen LogP contribution in [0.1, 0.15) is 37.6 Å². The van der Waals surface area contributed by atoms with Gasteiger partial charge in [-0.1, -0.05) is 11.8 Å². The van der Waals surface area contributed by atoms with E-state index in [0.29, 0.717) is 49.1 Å². The molecule has 132 valence electrons. The van der Waals surface area contributed by atoms with Crippen LogP contribution in [0, 0.1) is 0 Å². The summed E-state index contributed by atoms with van der Waals surface area (Å²) in [5.74, 6) is 1.83.